The van der Waals surface area contributed by atoms with Crippen LogP contribution in [0.3, 0.4) is 0 Å². The molecule has 1 aromatic heterocycles. The van der Waals surface area contributed by atoms with Crippen LogP contribution in [-0.4, -0.2) is 43.1 Å². The minimum atomic E-state index is -3.84. The molecule has 7 nitrogen and oxygen atoms in total. The average molecular weight is 355 g/mol. The van der Waals surface area contributed by atoms with Crippen molar-refractivity contribution in [2.45, 2.75) is 30.6 Å². The largest absolute Gasteiger partial charge is 0.495 e. The monoisotopic (exact) mass is 355 g/mol. The number of hydrogen-bond acceptors (Lipinski definition) is 6. The third kappa shape index (κ3) is 2.89. The zero-order valence-corrected chi connectivity index (χ0v) is 14.4. The molecule has 9 heteroatoms. The fourth-order valence-electron chi connectivity index (χ4n) is 2.43. The minimum absolute atomic E-state index is 0.111. The van der Waals surface area contributed by atoms with Crippen LogP contribution < -0.4 is 4.74 Å². The predicted molar refractivity (Wildman–Crippen MR) is 82.8 cm³/mol. The molecule has 1 aliphatic heterocycles. The molecule has 2 heterocycles. The van der Waals surface area contributed by atoms with Gasteiger partial charge >= 0.3 is 0 Å². The van der Waals surface area contributed by atoms with Gasteiger partial charge in [-0.15, -0.1) is 0 Å². The number of hydrogen-bond donors (Lipinski definition) is 0. The fraction of sp³-hybridized carbons (Fsp3) is 0.467. The van der Waals surface area contributed by atoms with E-state index in [0.717, 1.165) is 12.1 Å². The molecule has 0 bridgehead atoms. The highest BCUT2D eigenvalue weighted by atomic mass is 32.2. The summed E-state index contributed by atoms with van der Waals surface area (Å²) in [4.78, 5) is 4.10. The summed E-state index contributed by atoms with van der Waals surface area (Å²) in [5.74, 6) is 0.484. The molecule has 1 fully saturated rings. The van der Waals surface area contributed by atoms with Crippen molar-refractivity contribution >= 4 is 10.0 Å². The summed E-state index contributed by atoms with van der Waals surface area (Å²) in [5.41, 5.74) is 0. The van der Waals surface area contributed by atoms with Gasteiger partial charge in [0.25, 0.3) is 0 Å². The highest BCUT2D eigenvalue weighted by Crippen LogP contribution is 2.35. The molecule has 2 aromatic rings. The van der Waals surface area contributed by atoms with Crippen molar-refractivity contribution in [3.8, 4) is 5.75 Å². The average Bonchev–Trinajstić information content (AvgIpc) is 2.95. The number of nitrogens with zero attached hydrogens (tertiary/aromatic N) is 3. The predicted octanol–water partition coefficient (Wildman–Crippen LogP) is 2.13. The van der Waals surface area contributed by atoms with E-state index in [1.54, 1.807) is 0 Å². The first-order valence-corrected chi connectivity index (χ1v) is 8.94. The van der Waals surface area contributed by atoms with E-state index in [4.69, 9.17) is 9.26 Å². The molecule has 3 rings (SSSR count). The quantitative estimate of drug-likeness (QED) is 0.817. The molecule has 1 aromatic carbocycles. The summed E-state index contributed by atoms with van der Waals surface area (Å²) in [6.45, 7) is 4.31. The van der Waals surface area contributed by atoms with Crippen LogP contribution in [0.2, 0.25) is 0 Å². The summed E-state index contributed by atoms with van der Waals surface area (Å²) >= 11 is 0. The smallest absolute Gasteiger partial charge is 0.246 e. The molecule has 130 valence electrons. The van der Waals surface area contributed by atoms with Gasteiger partial charge in [-0.25, -0.2) is 12.8 Å². The maximum Gasteiger partial charge on any atom is 0.246 e. The van der Waals surface area contributed by atoms with Crippen LogP contribution in [0.4, 0.5) is 4.39 Å². The van der Waals surface area contributed by atoms with Gasteiger partial charge in [0.15, 0.2) is 5.82 Å². The Morgan fingerprint density at radius 3 is 2.67 bits per heavy atom. The van der Waals surface area contributed by atoms with Crippen LogP contribution in [0.15, 0.2) is 27.6 Å². The summed E-state index contributed by atoms with van der Waals surface area (Å²) in [7, 11) is -2.50. The molecule has 0 spiro atoms. The van der Waals surface area contributed by atoms with Gasteiger partial charge in [-0.05, 0) is 18.2 Å². The van der Waals surface area contributed by atoms with Gasteiger partial charge in [0.2, 0.25) is 15.9 Å². The third-order valence-corrected chi connectivity index (χ3v) is 5.77. The Hall–Kier alpha value is -2.00. The number of rotatable bonds is 5. The highest BCUT2D eigenvalue weighted by Gasteiger charge is 2.41. The number of sulfonamides is 1. The second-order valence-electron chi connectivity index (χ2n) is 5.96. The Balaban J connectivity index is 1.78. The molecule has 0 radical (unpaired) electrons. The van der Waals surface area contributed by atoms with E-state index in [-0.39, 0.29) is 35.6 Å². The summed E-state index contributed by atoms with van der Waals surface area (Å²) < 4.78 is 50.2. The maximum atomic E-state index is 13.4. The van der Waals surface area contributed by atoms with E-state index in [1.807, 2.05) is 13.8 Å². The number of benzene rings is 1. The lowest BCUT2D eigenvalue weighted by atomic mass is 10.0. The van der Waals surface area contributed by atoms with Crippen LogP contribution in [0, 0.1) is 5.82 Å². The second-order valence-corrected chi connectivity index (χ2v) is 7.87. The van der Waals surface area contributed by atoms with E-state index in [0.29, 0.717) is 11.7 Å². The molecule has 24 heavy (non-hydrogen) atoms. The molecular formula is C15H18FN3O4S. The summed E-state index contributed by atoms with van der Waals surface area (Å²) in [6.07, 6.45) is 0. The first-order valence-electron chi connectivity index (χ1n) is 7.50. The molecule has 0 N–H and O–H groups in total. The number of aromatic nitrogens is 2. The molecule has 0 atom stereocenters. The molecule has 0 amide bonds. The Morgan fingerprint density at radius 2 is 2.08 bits per heavy atom. The van der Waals surface area contributed by atoms with Crippen LogP contribution in [-0.2, 0) is 10.0 Å². The van der Waals surface area contributed by atoms with E-state index in [2.05, 4.69) is 10.1 Å². The van der Waals surface area contributed by atoms with Crippen LogP contribution in [0.5, 0.6) is 5.75 Å². The van der Waals surface area contributed by atoms with Crippen molar-refractivity contribution in [3.63, 3.8) is 0 Å². The van der Waals surface area contributed by atoms with Gasteiger partial charge in [-0.1, -0.05) is 19.0 Å². The number of ether oxygens (including phenoxy) is 1. The molecular weight excluding hydrogens is 337 g/mol. The molecule has 0 aliphatic carbocycles. The fourth-order valence-corrected chi connectivity index (χ4v) is 4.13. The van der Waals surface area contributed by atoms with Crippen molar-refractivity contribution in [1.82, 2.24) is 14.4 Å². The summed E-state index contributed by atoms with van der Waals surface area (Å²) in [5, 5.41) is 3.88. The maximum absolute atomic E-state index is 13.4. The Kier molecular flexibility index (Phi) is 4.31. The third-order valence-electron chi connectivity index (χ3n) is 3.91. The van der Waals surface area contributed by atoms with Gasteiger partial charge in [-0.3, -0.25) is 0 Å². The SMILES string of the molecule is COc1ccc(F)cc1S(=O)(=O)N1CC(c2nc(C(C)C)no2)C1. The van der Waals surface area contributed by atoms with Gasteiger partial charge in [0.1, 0.15) is 16.5 Å². The molecule has 1 aliphatic rings. The van der Waals surface area contributed by atoms with Crippen LogP contribution >= 0.6 is 0 Å². The van der Waals surface area contributed by atoms with Crippen molar-refractivity contribution in [2.75, 3.05) is 20.2 Å². The zero-order valence-electron chi connectivity index (χ0n) is 13.6. The zero-order chi connectivity index (χ0) is 17.5. The standard InChI is InChI=1S/C15H18FN3O4S/c1-9(2)14-17-15(23-18-14)10-7-19(8-10)24(20,21)13-6-11(16)4-5-12(13)22-3/h4-6,9-10H,7-8H2,1-3H3. The van der Waals surface area contributed by atoms with Gasteiger partial charge in [0.05, 0.1) is 13.0 Å². The second kappa shape index (κ2) is 6.14. The first-order chi connectivity index (χ1) is 11.3. The highest BCUT2D eigenvalue weighted by molar-refractivity contribution is 7.89. The van der Waals surface area contributed by atoms with E-state index >= 15 is 0 Å². The van der Waals surface area contributed by atoms with Crippen LogP contribution in [0.25, 0.3) is 0 Å². The van der Waals surface area contributed by atoms with Crippen LogP contribution in [0.1, 0.15) is 37.4 Å². The Morgan fingerprint density at radius 1 is 1.38 bits per heavy atom. The van der Waals surface area contributed by atoms with E-state index in [9.17, 15) is 12.8 Å². The minimum Gasteiger partial charge on any atom is -0.495 e. The molecule has 0 unspecified atom stereocenters. The summed E-state index contributed by atoms with van der Waals surface area (Å²) in [6, 6.07) is 3.42. The topological polar surface area (TPSA) is 85.5 Å². The first kappa shape index (κ1) is 16.8. The van der Waals surface area contributed by atoms with Crippen molar-refractivity contribution in [2.24, 2.45) is 0 Å². The van der Waals surface area contributed by atoms with Gasteiger partial charge in [0, 0.05) is 19.0 Å². The van der Waals surface area contributed by atoms with Crippen molar-refractivity contribution in [1.29, 1.82) is 0 Å². The van der Waals surface area contributed by atoms with E-state index in [1.165, 1.54) is 17.5 Å². The van der Waals surface area contributed by atoms with Crippen molar-refractivity contribution < 1.29 is 22.1 Å². The molecule has 0 saturated carbocycles. The lowest BCUT2D eigenvalue weighted by Gasteiger charge is -2.36. The number of halogens is 1. The lowest BCUT2D eigenvalue weighted by molar-refractivity contribution is 0.216. The van der Waals surface area contributed by atoms with Crippen molar-refractivity contribution in [3.05, 3.63) is 35.7 Å². The lowest BCUT2D eigenvalue weighted by Crippen LogP contribution is -2.48. The van der Waals surface area contributed by atoms with Gasteiger partial charge in [-0.2, -0.15) is 9.29 Å². The Bertz CT molecular complexity index is 844. The van der Waals surface area contributed by atoms with E-state index < -0.39 is 15.8 Å². The normalized spacial score (nSPS) is 16.4. The molecule has 1 saturated heterocycles. The van der Waals surface area contributed by atoms with Gasteiger partial charge < -0.3 is 9.26 Å². The number of methoxy groups -OCH3 is 1. The Labute approximate surface area is 139 Å².